The zero-order valence-corrected chi connectivity index (χ0v) is 12.0. The van der Waals surface area contributed by atoms with Crippen LogP contribution in [0.3, 0.4) is 0 Å². The number of hydrogen-bond donors (Lipinski definition) is 1. The predicted octanol–water partition coefficient (Wildman–Crippen LogP) is 0.693. The summed E-state index contributed by atoms with van der Waals surface area (Å²) in [7, 11) is -0.652. The summed E-state index contributed by atoms with van der Waals surface area (Å²) in [6.07, 6.45) is 1.45. The molecule has 0 saturated heterocycles. The second-order valence-electron chi connectivity index (χ2n) is 3.36. The molecule has 0 spiro atoms. The maximum absolute atomic E-state index is 12.1. The van der Waals surface area contributed by atoms with Gasteiger partial charge in [-0.15, -0.1) is 0 Å². The van der Waals surface area contributed by atoms with Crippen molar-refractivity contribution in [1.82, 2.24) is 9.29 Å². The molecule has 0 aromatic carbocycles. The van der Waals surface area contributed by atoms with E-state index in [0.717, 1.165) is 0 Å². The van der Waals surface area contributed by atoms with E-state index < -0.39 is 10.0 Å². The molecule has 1 aromatic heterocycles. The fourth-order valence-corrected chi connectivity index (χ4v) is 2.87. The molecule has 0 amide bonds. The van der Waals surface area contributed by atoms with E-state index >= 15 is 0 Å². The summed E-state index contributed by atoms with van der Waals surface area (Å²) >= 11 is 3.16. The van der Waals surface area contributed by atoms with E-state index in [9.17, 15) is 8.42 Å². The Morgan fingerprint density at radius 1 is 1.59 bits per heavy atom. The van der Waals surface area contributed by atoms with E-state index in [-0.39, 0.29) is 17.3 Å². The van der Waals surface area contributed by atoms with Crippen LogP contribution in [-0.2, 0) is 14.8 Å². The molecule has 0 aliphatic rings. The Labute approximate surface area is 109 Å². The molecule has 1 heterocycles. The van der Waals surface area contributed by atoms with Gasteiger partial charge in [-0.1, -0.05) is 0 Å². The molecule has 8 heteroatoms. The molecule has 6 nitrogen and oxygen atoms in total. The number of nitrogens with zero attached hydrogens (tertiary/aromatic N) is 2. The van der Waals surface area contributed by atoms with Crippen molar-refractivity contribution >= 4 is 31.8 Å². The minimum absolute atomic E-state index is 0.00882. The normalized spacial score (nSPS) is 12.0. The summed E-state index contributed by atoms with van der Waals surface area (Å²) in [6, 6.07) is 1.43. The number of likely N-dealkylation sites (N-methyl/N-ethyl adjacent to an activating group) is 1. The Kier molecular flexibility index (Phi) is 4.87. The SMILES string of the molecule is COCCN(C)S(=O)(=O)c1cc(Br)cnc1N. The van der Waals surface area contributed by atoms with Crippen LogP contribution in [0.1, 0.15) is 0 Å². The van der Waals surface area contributed by atoms with Gasteiger partial charge in [0, 0.05) is 31.4 Å². The van der Waals surface area contributed by atoms with E-state index in [4.69, 9.17) is 10.5 Å². The number of methoxy groups -OCH3 is 1. The fraction of sp³-hybridized carbons (Fsp3) is 0.444. The lowest BCUT2D eigenvalue weighted by atomic mass is 10.5. The van der Waals surface area contributed by atoms with Gasteiger partial charge in [0.1, 0.15) is 10.7 Å². The van der Waals surface area contributed by atoms with E-state index in [1.165, 1.54) is 30.7 Å². The van der Waals surface area contributed by atoms with Crippen LogP contribution in [0, 0.1) is 0 Å². The fourth-order valence-electron chi connectivity index (χ4n) is 1.15. The Morgan fingerprint density at radius 2 is 2.24 bits per heavy atom. The number of nitrogens with two attached hydrogens (primary N) is 1. The highest BCUT2D eigenvalue weighted by Gasteiger charge is 2.24. The van der Waals surface area contributed by atoms with Crippen molar-refractivity contribution in [3.05, 3.63) is 16.7 Å². The van der Waals surface area contributed by atoms with Gasteiger partial charge >= 0.3 is 0 Å². The van der Waals surface area contributed by atoms with Crippen LogP contribution in [-0.4, -0.2) is 45.0 Å². The van der Waals surface area contributed by atoms with Crippen LogP contribution >= 0.6 is 15.9 Å². The summed E-state index contributed by atoms with van der Waals surface area (Å²) in [6.45, 7) is 0.571. The highest BCUT2D eigenvalue weighted by Crippen LogP contribution is 2.23. The summed E-state index contributed by atoms with van der Waals surface area (Å²) in [5.41, 5.74) is 5.57. The lowest BCUT2D eigenvalue weighted by Gasteiger charge is -2.17. The molecule has 17 heavy (non-hydrogen) atoms. The molecule has 96 valence electrons. The first-order valence-corrected chi connectivity index (χ1v) is 6.99. The summed E-state index contributed by atoms with van der Waals surface area (Å²) in [4.78, 5) is 3.79. The van der Waals surface area contributed by atoms with Crippen LogP contribution in [0.25, 0.3) is 0 Å². The average Bonchev–Trinajstić information content (AvgIpc) is 2.28. The van der Waals surface area contributed by atoms with Gasteiger partial charge in [-0.2, -0.15) is 4.31 Å². The van der Waals surface area contributed by atoms with Gasteiger partial charge in [0.15, 0.2) is 0 Å². The maximum atomic E-state index is 12.1. The van der Waals surface area contributed by atoms with Crippen molar-refractivity contribution in [2.75, 3.05) is 33.0 Å². The maximum Gasteiger partial charge on any atom is 0.246 e. The van der Waals surface area contributed by atoms with Gasteiger partial charge < -0.3 is 10.5 Å². The lowest BCUT2D eigenvalue weighted by molar-refractivity contribution is 0.185. The zero-order chi connectivity index (χ0) is 13.1. The Balaban J connectivity index is 3.08. The summed E-state index contributed by atoms with van der Waals surface area (Å²) in [5, 5.41) is 0. The Bertz CT molecular complexity index is 492. The molecule has 0 saturated carbocycles. The monoisotopic (exact) mass is 323 g/mol. The molecule has 1 rings (SSSR count). The number of rotatable bonds is 5. The number of nitrogen functional groups attached to an aromatic ring is 1. The first-order valence-electron chi connectivity index (χ1n) is 4.76. The minimum Gasteiger partial charge on any atom is -0.383 e. The quantitative estimate of drug-likeness (QED) is 0.861. The van der Waals surface area contributed by atoms with Crippen LogP contribution in [0.15, 0.2) is 21.6 Å². The molecule has 0 aliphatic heterocycles. The third-order valence-electron chi connectivity index (χ3n) is 2.15. The number of anilines is 1. The third kappa shape index (κ3) is 3.38. The van der Waals surface area contributed by atoms with Crippen molar-refractivity contribution in [1.29, 1.82) is 0 Å². The summed E-state index contributed by atoms with van der Waals surface area (Å²) < 4.78 is 30.9. The topological polar surface area (TPSA) is 85.5 Å². The predicted molar refractivity (Wildman–Crippen MR) is 68.0 cm³/mol. The third-order valence-corrected chi connectivity index (χ3v) is 4.47. The first kappa shape index (κ1) is 14.4. The first-order chi connectivity index (χ1) is 7.89. The van der Waals surface area contributed by atoms with Crippen LogP contribution in [0.2, 0.25) is 0 Å². The van der Waals surface area contributed by atoms with Gasteiger partial charge in [0.2, 0.25) is 10.0 Å². The van der Waals surface area contributed by atoms with E-state index in [0.29, 0.717) is 11.1 Å². The molecule has 0 aliphatic carbocycles. The lowest BCUT2D eigenvalue weighted by Crippen LogP contribution is -2.30. The van der Waals surface area contributed by atoms with Gasteiger partial charge in [-0.25, -0.2) is 13.4 Å². The largest absolute Gasteiger partial charge is 0.383 e. The minimum atomic E-state index is -3.63. The highest BCUT2D eigenvalue weighted by molar-refractivity contribution is 9.10. The second-order valence-corrected chi connectivity index (χ2v) is 6.29. The van der Waals surface area contributed by atoms with Crippen molar-refractivity contribution in [2.24, 2.45) is 0 Å². The van der Waals surface area contributed by atoms with Crippen molar-refractivity contribution in [3.8, 4) is 0 Å². The van der Waals surface area contributed by atoms with E-state index in [1.54, 1.807) is 0 Å². The number of sulfonamides is 1. The molecular formula is C9H14BrN3O3S. The van der Waals surface area contributed by atoms with Crippen molar-refractivity contribution in [2.45, 2.75) is 4.90 Å². The second kappa shape index (κ2) is 5.76. The van der Waals surface area contributed by atoms with Gasteiger partial charge in [0.05, 0.1) is 6.61 Å². The number of pyridine rings is 1. The van der Waals surface area contributed by atoms with Crippen LogP contribution in [0.5, 0.6) is 0 Å². The molecule has 1 aromatic rings. The molecule has 2 N–H and O–H groups in total. The molecular weight excluding hydrogens is 310 g/mol. The number of halogens is 1. The number of hydrogen-bond acceptors (Lipinski definition) is 5. The highest BCUT2D eigenvalue weighted by atomic mass is 79.9. The van der Waals surface area contributed by atoms with Crippen LogP contribution < -0.4 is 5.73 Å². The summed E-state index contributed by atoms with van der Waals surface area (Å²) in [5.74, 6) is -0.0162. The van der Waals surface area contributed by atoms with Crippen molar-refractivity contribution in [3.63, 3.8) is 0 Å². The van der Waals surface area contributed by atoms with Gasteiger partial charge in [-0.05, 0) is 22.0 Å². The van der Waals surface area contributed by atoms with Crippen molar-refractivity contribution < 1.29 is 13.2 Å². The number of aromatic nitrogens is 1. The van der Waals surface area contributed by atoms with Crippen LogP contribution in [0.4, 0.5) is 5.82 Å². The van der Waals surface area contributed by atoms with Gasteiger partial charge in [0.25, 0.3) is 0 Å². The number of ether oxygens (including phenoxy) is 1. The standard InChI is InChI=1S/C9H14BrN3O3S/c1-13(3-4-16-2)17(14,15)8-5-7(10)6-12-9(8)11/h5-6H,3-4H2,1-2H3,(H2,11,12). The molecule has 0 radical (unpaired) electrons. The smallest absolute Gasteiger partial charge is 0.246 e. The molecule has 0 atom stereocenters. The molecule has 0 fully saturated rings. The van der Waals surface area contributed by atoms with E-state index in [2.05, 4.69) is 20.9 Å². The van der Waals surface area contributed by atoms with E-state index in [1.807, 2.05) is 0 Å². The average molecular weight is 324 g/mol. The Hall–Kier alpha value is -0.700. The zero-order valence-electron chi connectivity index (χ0n) is 9.55. The Morgan fingerprint density at radius 3 is 2.82 bits per heavy atom. The van der Waals surface area contributed by atoms with Gasteiger partial charge in [-0.3, -0.25) is 0 Å². The molecule has 0 bridgehead atoms. The molecule has 0 unspecified atom stereocenters.